The minimum atomic E-state index is -0.819. The minimum Gasteiger partial charge on any atom is -0.487 e. The van der Waals surface area contributed by atoms with Crippen LogP contribution in [0.15, 0.2) is 30.7 Å². The molecular formula is C15H17FN2O2. The van der Waals surface area contributed by atoms with Crippen molar-refractivity contribution in [3.8, 4) is 5.75 Å². The van der Waals surface area contributed by atoms with Gasteiger partial charge in [-0.3, -0.25) is 0 Å². The summed E-state index contributed by atoms with van der Waals surface area (Å²) in [6.07, 6.45) is 5.13. The molecule has 1 atom stereocenters. The molecule has 4 nitrogen and oxygen atoms in total. The van der Waals surface area contributed by atoms with Gasteiger partial charge in [-0.15, -0.1) is 0 Å². The topological polar surface area (TPSA) is 47.3 Å². The van der Waals surface area contributed by atoms with E-state index in [0.717, 1.165) is 5.69 Å². The van der Waals surface area contributed by atoms with E-state index in [-0.39, 0.29) is 5.56 Å². The predicted octanol–water partition coefficient (Wildman–Crippen LogP) is 2.99. The maximum absolute atomic E-state index is 13.7. The zero-order chi connectivity index (χ0) is 14.1. The van der Waals surface area contributed by atoms with Crippen LogP contribution in [0.4, 0.5) is 4.39 Å². The van der Waals surface area contributed by atoms with Gasteiger partial charge < -0.3 is 14.4 Å². The molecule has 0 aliphatic heterocycles. The minimum absolute atomic E-state index is 0.278. The maximum Gasteiger partial charge on any atom is 0.132 e. The van der Waals surface area contributed by atoms with Crippen molar-refractivity contribution in [3.05, 3.63) is 47.8 Å². The second-order valence-electron chi connectivity index (χ2n) is 5.17. The summed E-state index contributed by atoms with van der Waals surface area (Å²) < 4.78 is 21.4. The van der Waals surface area contributed by atoms with Gasteiger partial charge in [-0.2, -0.15) is 0 Å². The average Bonchev–Trinajstić information content (AvgIpc) is 3.15. The van der Waals surface area contributed by atoms with Gasteiger partial charge in [0.05, 0.1) is 24.3 Å². The molecule has 1 aliphatic carbocycles. The standard InChI is InChI=1S/C15H17FN2O2/c1-10(19)14-5-4-13(6-15(14)16)20-8-12-7-17-9-18(12)11-2-3-11/h4-7,9-11,19H,2-3,8H2,1H3. The Morgan fingerprint density at radius 3 is 2.95 bits per heavy atom. The number of rotatable bonds is 5. The Morgan fingerprint density at radius 2 is 2.30 bits per heavy atom. The second-order valence-corrected chi connectivity index (χ2v) is 5.17. The van der Waals surface area contributed by atoms with E-state index < -0.39 is 11.9 Å². The first kappa shape index (κ1) is 13.1. The number of aliphatic hydroxyl groups is 1. The van der Waals surface area contributed by atoms with Crippen LogP contribution in [0, 0.1) is 5.82 Å². The van der Waals surface area contributed by atoms with E-state index in [1.165, 1.54) is 25.8 Å². The third-order valence-corrected chi connectivity index (χ3v) is 3.50. The Kier molecular flexibility index (Phi) is 3.44. The van der Waals surface area contributed by atoms with Gasteiger partial charge in [0, 0.05) is 17.7 Å². The van der Waals surface area contributed by atoms with Gasteiger partial charge in [0.25, 0.3) is 0 Å². The summed E-state index contributed by atoms with van der Waals surface area (Å²) in [5.74, 6) is 0.00338. The van der Waals surface area contributed by atoms with E-state index in [0.29, 0.717) is 18.4 Å². The Hall–Kier alpha value is -1.88. The van der Waals surface area contributed by atoms with Crippen LogP contribution in [0.2, 0.25) is 0 Å². The summed E-state index contributed by atoms with van der Waals surface area (Å²) in [5.41, 5.74) is 1.27. The molecule has 0 bridgehead atoms. The summed E-state index contributed by atoms with van der Waals surface area (Å²) in [5, 5.41) is 9.39. The molecule has 20 heavy (non-hydrogen) atoms. The van der Waals surface area contributed by atoms with Crippen LogP contribution in [0.25, 0.3) is 0 Å². The lowest BCUT2D eigenvalue weighted by Gasteiger charge is -2.11. The predicted molar refractivity (Wildman–Crippen MR) is 71.9 cm³/mol. The Morgan fingerprint density at radius 1 is 1.50 bits per heavy atom. The number of ether oxygens (including phenoxy) is 1. The third-order valence-electron chi connectivity index (χ3n) is 3.50. The molecule has 0 spiro atoms. The highest BCUT2D eigenvalue weighted by molar-refractivity contribution is 5.30. The van der Waals surface area contributed by atoms with Gasteiger partial charge in [0.2, 0.25) is 0 Å². The van der Waals surface area contributed by atoms with Crippen molar-refractivity contribution in [1.29, 1.82) is 0 Å². The SMILES string of the molecule is CC(O)c1ccc(OCc2cncn2C2CC2)cc1F. The van der Waals surface area contributed by atoms with Crippen molar-refractivity contribution in [2.24, 2.45) is 0 Å². The van der Waals surface area contributed by atoms with Gasteiger partial charge in [-0.25, -0.2) is 9.37 Å². The van der Waals surface area contributed by atoms with Gasteiger partial charge >= 0.3 is 0 Å². The van der Waals surface area contributed by atoms with Crippen LogP contribution in [-0.2, 0) is 6.61 Å². The number of hydrogen-bond donors (Lipinski definition) is 1. The molecule has 1 saturated carbocycles. The number of aliphatic hydroxyl groups excluding tert-OH is 1. The first-order valence-corrected chi connectivity index (χ1v) is 6.76. The normalized spacial score (nSPS) is 16.1. The fraction of sp³-hybridized carbons (Fsp3) is 0.400. The Labute approximate surface area is 116 Å². The molecule has 1 aromatic heterocycles. The number of nitrogens with zero attached hydrogens (tertiary/aromatic N) is 2. The Bertz CT molecular complexity index is 606. The number of hydrogen-bond acceptors (Lipinski definition) is 3. The van der Waals surface area contributed by atoms with Crippen molar-refractivity contribution < 1.29 is 14.2 Å². The number of aromatic nitrogens is 2. The molecule has 1 fully saturated rings. The number of imidazole rings is 1. The van der Waals surface area contributed by atoms with Gasteiger partial charge in [0.15, 0.2) is 0 Å². The zero-order valence-electron chi connectivity index (χ0n) is 11.3. The zero-order valence-corrected chi connectivity index (χ0v) is 11.3. The highest BCUT2D eigenvalue weighted by Gasteiger charge is 2.25. The van der Waals surface area contributed by atoms with Crippen LogP contribution in [0.5, 0.6) is 5.75 Å². The summed E-state index contributed by atoms with van der Waals surface area (Å²) >= 11 is 0. The van der Waals surface area contributed by atoms with E-state index in [9.17, 15) is 9.50 Å². The largest absolute Gasteiger partial charge is 0.487 e. The summed E-state index contributed by atoms with van der Waals surface area (Å²) in [7, 11) is 0. The van der Waals surface area contributed by atoms with Crippen LogP contribution in [0.1, 0.15) is 43.2 Å². The number of benzene rings is 1. The van der Waals surface area contributed by atoms with Crippen LogP contribution >= 0.6 is 0 Å². The molecule has 1 unspecified atom stereocenters. The van der Waals surface area contributed by atoms with Gasteiger partial charge in [-0.1, -0.05) is 0 Å². The van der Waals surface area contributed by atoms with Gasteiger partial charge in [0.1, 0.15) is 18.2 Å². The van der Waals surface area contributed by atoms with E-state index in [4.69, 9.17) is 4.74 Å². The van der Waals surface area contributed by atoms with Crippen LogP contribution < -0.4 is 4.74 Å². The molecule has 1 aliphatic rings. The van der Waals surface area contributed by atoms with Crippen molar-refractivity contribution in [2.45, 2.75) is 38.5 Å². The molecule has 106 valence electrons. The van der Waals surface area contributed by atoms with Crippen LogP contribution in [-0.4, -0.2) is 14.7 Å². The molecule has 5 heteroatoms. The van der Waals surface area contributed by atoms with E-state index in [1.807, 2.05) is 6.33 Å². The highest BCUT2D eigenvalue weighted by Crippen LogP contribution is 2.35. The first-order valence-electron chi connectivity index (χ1n) is 6.76. The molecule has 0 saturated heterocycles. The van der Waals surface area contributed by atoms with E-state index in [1.54, 1.807) is 18.3 Å². The van der Waals surface area contributed by atoms with Crippen molar-refractivity contribution >= 4 is 0 Å². The molecule has 1 aromatic carbocycles. The quantitative estimate of drug-likeness (QED) is 0.913. The lowest BCUT2D eigenvalue weighted by atomic mass is 10.1. The smallest absolute Gasteiger partial charge is 0.132 e. The third kappa shape index (κ3) is 2.67. The lowest BCUT2D eigenvalue weighted by molar-refractivity contribution is 0.193. The summed E-state index contributed by atoms with van der Waals surface area (Å²) in [6, 6.07) is 5.07. The molecule has 1 heterocycles. The van der Waals surface area contributed by atoms with Crippen LogP contribution in [0.3, 0.4) is 0 Å². The lowest BCUT2D eigenvalue weighted by Crippen LogP contribution is -2.04. The maximum atomic E-state index is 13.7. The monoisotopic (exact) mass is 276 g/mol. The highest BCUT2D eigenvalue weighted by atomic mass is 19.1. The fourth-order valence-corrected chi connectivity index (χ4v) is 2.22. The first-order chi connectivity index (χ1) is 9.65. The van der Waals surface area contributed by atoms with Crippen molar-refractivity contribution in [1.82, 2.24) is 9.55 Å². The molecule has 0 amide bonds. The summed E-state index contributed by atoms with van der Waals surface area (Å²) in [6.45, 7) is 1.90. The summed E-state index contributed by atoms with van der Waals surface area (Å²) in [4.78, 5) is 4.13. The van der Waals surface area contributed by atoms with E-state index >= 15 is 0 Å². The molecule has 3 rings (SSSR count). The van der Waals surface area contributed by atoms with Crippen molar-refractivity contribution in [2.75, 3.05) is 0 Å². The van der Waals surface area contributed by atoms with Crippen molar-refractivity contribution in [3.63, 3.8) is 0 Å². The molecule has 2 aromatic rings. The van der Waals surface area contributed by atoms with E-state index in [2.05, 4.69) is 9.55 Å². The fourth-order valence-electron chi connectivity index (χ4n) is 2.22. The molecule has 1 N–H and O–H groups in total. The average molecular weight is 276 g/mol. The molecule has 0 radical (unpaired) electrons. The molecular weight excluding hydrogens is 259 g/mol. The number of halogens is 1. The second kappa shape index (κ2) is 5.25. The van der Waals surface area contributed by atoms with Gasteiger partial charge in [-0.05, 0) is 31.9 Å². The Balaban J connectivity index is 1.69.